The molecule has 3 nitrogen and oxygen atoms in total. The van der Waals surface area contributed by atoms with Gasteiger partial charge in [-0.3, -0.25) is 9.80 Å². The fourth-order valence-corrected chi connectivity index (χ4v) is 9.81. The molecule has 2 heterocycles. The fourth-order valence-electron chi connectivity index (χ4n) is 9.81. The third kappa shape index (κ3) is 8.33. The number of nitrogens with zero attached hydrogens (tertiary/aromatic N) is 2. The number of phenolic OH excluding ortho intramolecular Hbond substituents is 1. The first-order chi connectivity index (χ1) is 20.2. The first-order valence-electron chi connectivity index (χ1n) is 18.5. The molecule has 1 unspecified atom stereocenters. The van der Waals surface area contributed by atoms with Crippen LogP contribution in [0.1, 0.15) is 178 Å². The van der Waals surface area contributed by atoms with Crippen molar-refractivity contribution in [2.24, 2.45) is 17.3 Å². The quantitative estimate of drug-likeness (QED) is 0.296. The summed E-state index contributed by atoms with van der Waals surface area (Å²) < 4.78 is 0. The van der Waals surface area contributed by atoms with E-state index in [1.165, 1.54) is 63.4 Å². The Morgan fingerprint density at radius 1 is 0.689 bits per heavy atom. The Balaban J connectivity index is 2.19. The van der Waals surface area contributed by atoms with Crippen LogP contribution in [0.3, 0.4) is 0 Å². The minimum Gasteiger partial charge on any atom is -0.507 e. The van der Waals surface area contributed by atoms with Crippen molar-refractivity contribution in [3.8, 4) is 5.75 Å². The van der Waals surface area contributed by atoms with Crippen molar-refractivity contribution in [3.05, 3.63) is 28.8 Å². The fraction of sp³-hybridized carbons (Fsp3) is 0.857. The monoisotopic (exact) mass is 625 g/mol. The molecule has 0 aromatic heterocycles. The molecule has 2 aliphatic heterocycles. The van der Waals surface area contributed by atoms with Crippen molar-refractivity contribution < 1.29 is 5.11 Å². The van der Waals surface area contributed by atoms with Crippen LogP contribution >= 0.6 is 0 Å². The number of hydrogen-bond donors (Lipinski definition) is 1. The number of rotatable bonds is 9. The molecule has 3 rings (SSSR count). The van der Waals surface area contributed by atoms with Crippen LogP contribution in [0.15, 0.2) is 12.1 Å². The highest BCUT2D eigenvalue weighted by Crippen LogP contribution is 2.55. The highest BCUT2D eigenvalue weighted by molar-refractivity contribution is 5.50. The van der Waals surface area contributed by atoms with Gasteiger partial charge < -0.3 is 5.11 Å². The Bertz CT molecular complexity index is 1090. The molecule has 1 aromatic rings. The molecule has 3 heteroatoms. The van der Waals surface area contributed by atoms with Gasteiger partial charge in [0.2, 0.25) is 0 Å². The molecule has 0 saturated carbocycles. The van der Waals surface area contributed by atoms with Gasteiger partial charge in [-0.1, -0.05) is 73.4 Å². The molecule has 2 saturated heterocycles. The van der Waals surface area contributed by atoms with E-state index in [4.69, 9.17) is 0 Å². The summed E-state index contributed by atoms with van der Waals surface area (Å²) in [5, 5.41) is 11.6. The molecule has 0 bridgehead atoms. The summed E-state index contributed by atoms with van der Waals surface area (Å²) in [4.78, 5) is 5.31. The van der Waals surface area contributed by atoms with Crippen molar-refractivity contribution in [1.29, 1.82) is 0 Å². The molecule has 1 aromatic carbocycles. The molecule has 0 amide bonds. The van der Waals surface area contributed by atoms with Gasteiger partial charge in [-0.15, -0.1) is 0 Å². The zero-order valence-corrected chi connectivity index (χ0v) is 33.2. The van der Waals surface area contributed by atoms with E-state index in [0.29, 0.717) is 11.7 Å². The Hall–Kier alpha value is -1.06. The lowest BCUT2D eigenvalue weighted by Gasteiger charge is -2.59. The highest BCUT2D eigenvalue weighted by atomic mass is 16.3. The van der Waals surface area contributed by atoms with Crippen LogP contribution < -0.4 is 0 Å². The maximum atomic E-state index is 11.6. The van der Waals surface area contributed by atoms with Crippen molar-refractivity contribution in [1.82, 2.24) is 9.80 Å². The molecule has 45 heavy (non-hydrogen) atoms. The van der Waals surface area contributed by atoms with Gasteiger partial charge in [0.15, 0.2) is 0 Å². The van der Waals surface area contributed by atoms with Gasteiger partial charge >= 0.3 is 0 Å². The molecule has 1 N–H and O–H groups in total. The molecular weight excluding hydrogens is 548 g/mol. The van der Waals surface area contributed by atoms with Gasteiger partial charge in [-0.2, -0.15) is 0 Å². The smallest absolute Gasteiger partial charge is 0.123 e. The standard InChI is InChI=1S/C42H76N2O/c1-18-19-21-42(32-28-40(12,13)44(17)41(14,15)29-32,22-20-30-25-38(8,9)43(16)39(10,11)26-30)27-31-23-33(36(2,3)4)35(45)34(24-31)37(5,6)7/h23-24,30,32,45H,18-22,25-29H2,1-17H3. The lowest BCUT2D eigenvalue weighted by atomic mass is 9.56. The number of aromatic hydroxyl groups is 1. The van der Waals surface area contributed by atoms with E-state index in [1.807, 2.05) is 0 Å². The van der Waals surface area contributed by atoms with E-state index >= 15 is 0 Å². The van der Waals surface area contributed by atoms with Gasteiger partial charge in [0, 0.05) is 22.2 Å². The number of phenols is 1. The molecule has 0 radical (unpaired) electrons. The Morgan fingerprint density at radius 3 is 1.47 bits per heavy atom. The first-order valence-corrected chi connectivity index (χ1v) is 18.5. The van der Waals surface area contributed by atoms with E-state index in [2.05, 4.69) is 140 Å². The first kappa shape index (κ1) is 38.4. The van der Waals surface area contributed by atoms with Crippen LogP contribution in [0.25, 0.3) is 0 Å². The minimum atomic E-state index is -0.116. The second-order valence-corrected chi connectivity index (χ2v) is 20.5. The molecule has 260 valence electrons. The van der Waals surface area contributed by atoms with E-state index in [-0.39, 0.29) is 38.4 Å². The van der Waals surface area contributed by atoms with Crippen LogP contribution in [-0.2, 0) is 17.3 Å². The summed E-state index contributed by atoms with van der Waals surface area (Å²) in [6.45, 7) is 35.7. The van der Waals surface area contributed by atoms with E-state index in [0.717, 1.165) is 23.5 Å². The largest absolute Gasteiger partial charge is 0.507 e. The average molecular weight is 625 g/mol. The molecule has 2 fully saturated rings. The average Bonchev–Trinajstić information content (AvgIpc) is 2.86. The number of unbranched alkanes of at least 4 members (excludes halogenated alkanes) is 1. The lowest BCUT2D eigenvalue weighted by molar-refractivity contribution is -0.0779. The van der Waals surface area contributed by atoms with Crippen molar-refractivity contribution in [2.75, 3.05) is 14.1 Å². The van der Waals surface area contributed by atoms with Crippen LogP contribution in [0, 0.1) is 17.3 Å². The van der Waals surface area contributed by atoms with Crippen LogP contribution in [0.4, 0.5) is 0 Å². The summed E-state index contributed by atoms with van der Waals surface area (Å²) in [7, 11) is 4.70. The molecule has 0 aliphatic carbocycles. The summed E-state index contributed by atoms with van der Waals surface area (Å²) in [6, 6.07) is 4.80. The van der Waals surface area contributed by atoms with E-state index in [1.54, 1.807) is 0 Å². The molecule has 2 aliphatic rings. The predicted octanol–water partition coefficient (Wildman–Crippen LogP) is 11.3. The Kier molecular flexibility index (Phi) is 10.9. The second kappa shape index (κ2) is 12.8. The summed E-state index contributed by atoms with van der Waals surface area (Å²) >= 11 is 0. The number of hydrogen-bond acceptors (Lipinski definition) is 3. The molecular formula is C42H76N2O. The lowest BCUT2D eigenvalue weighted by Crippen LogP contribution is -2.61. The van der Waals surface area contributed by atoms with Gasteiger partial charge in [0.05, 0.1) is 0 Å². The summed E-state index contributed by atoms with van der Waals surface area (Å²) in [6.07, 6.45) is 12.6. The molecule has 1 atom stereocenters. The van der Waals surface area contributed by atoms with Gasteiger partial charge in [0.1, 0.15) is 5.75 Å². The minimum absolute atomic E-state index is 0.116. The van der Waals surface area contributed by atoms with E-state index < -0.39 is 0 Å². The van der Waals surface area contributed by atoms with Crippen molar-refractivity contribution in [2.45, 2.75) is 201 Å². The van der Waals surface area contributed by atoms with Crippen LogP contribution in [0.2, 0.25) is 0 Å². The van der Waals surface area contributed by atoms with E-state index in [9.17, 15) is 5.11 Å². The highest BCUT2D eigenvalue weighted by Gasteiger charge is 2.51. The molecule has 0 spiro atoms. The van der Waals surface area contributed by atoms with Gasteiger partial charge in [-0.25, -0.2) is 0 Å². The maximum absolute atomic E-state index is 11.6. The summed E-state index contributed by atoms with van der Waals surface area (Å²) in [5.41, 5.74) is 4.40. The SMILES string of the molecule is CCCCC(CCC1CC(C)(C)N(C)C(C)(C)C1)(Cc1cc(C(C)(C)C)c(O)c(C(C)(C)C)c1)C1CC(C)(C)N(C)C(C)(C)C1. The van der Waals surface area contributed by atoms with Gasteiger partial charge in [-0.05, 0) is 166 Å². The second-order valence-electron chi connectivity index (χ2n) is 20.5. The summed E-state index contributed by atoms with van der Waals surface area (Å²) in [5.74, 6) is 1.91. The zero-order valence-electron chi connectivity index (χ0n) is 33.2. The number of benzene rings is 1. The topological polar surface area (TPSA) is 26.7 Å². The van der Waals surface area contributed by atoms with Crippen molar-refractivity contribution >= 4 is 0 Å². The third-order valence-electron chi connectivity index (χ3n) is 13.0. The normalized spacial score (nSPS) is 24.5. The van der Waals surface area contributed by atoms with Gasteiger partial charge in [0.25, 0.3) is 0 Å². The predicted molar refractivity (Wildman–Crippen MR) is 198 cm³/mol. The Labute approximate surface area is 281 Å². The Morgan fingerprint density at radius 2 is 1.09 bits per heavy atom. The van der Waals surface area contributed by atoms with Crippen LogP contribution in [0.5, 0.6) is 5.75 Å². The maximum Gasteiger partial charge on any atom is 0.123 e. The number of piperidine rings is 2. The number of likely N-dealkylation sites (tertiary alicyclic amines) is 2. The van der Waals surface area contributed by atoms with Crippen LogP contribution in [-0.4, -0.2) is 51.2 Å². The third-order valence-corrected chi connectivity index (χ3v) is 13.0. The zero-order chi connectivity index (χ0) is 34.6. The van der Waals surface area contributed by atoms with Crippen molar-refractivity contribution in [3.63, 3.8) is 0 Å².